The van der Waals surface area contributed by atoms with E-state index in [0.29, 0.717) is 0 Å². The summed E-state index contributed by atoms with van der Waals surface area (Å²) in [5.41, 5.74) is 6.25. The van der Waals surface area contributed by atoms with Gasteiger partial charge in [0.25, 0.3) is 0 Å². The molecular weight excluding hydrogens is 200 g/mol. The third-order valence-electron chi connectivity index (χ3n) is 4.62. The van der Waals surface area contributed by atoms with Crippen LogP contribution in [-0.4, -0.2) is 43.8 Å². The highest BCUT2D eigenvalue weighted by Gasteiger charge is 2.39. The van der Waals surface area contributed by atoms with E-state index in [1.165, 1.54) is 19.4 Å². The number of hydrogen-bond acceptors (Lipinski definition) is 3. The van der Waals surface area contributed by atoms with Gasteiger partial charge in [-0.25, -0.2) is 0 Å². The molecule has 1 saturated heterocycles. The molecule has 3 atom stereocenters. The van der Waals surface area contributed by atoms with Gasteiger partial charge in [0.2, 0.25) is 0 Å². The number of nitrogens with zero attached hydrogens (tertiary/aromatic N) is 1. The molecule has 94 valence electrons. The lowest BCUT2D eigenvalue weighted by Gasteiger charge is -2.40. The standard InChI is InChI=1S/C13H26N2O/c1-11-8-12(11)9-15(2)13(10-14)4-3-6-16-7-5-13/h11-12H,3-10,14H2,1-2H3. The Labute approximate surface area is 99.3 Å². The summed E-state index contributed by atoms with van der Waals surface area (Å²) >= 11 is 0. The predicted octanol–water partition coefficient (Wildman–Crippen LogP) is 1.47. The smallest absolute Gasteiger partial charge is 0.0484 e. The molecule has 2 fully saturated rings. The molecular formula is C13H26N2O. The van der Waals surface area contributed by atoms with E-state index in [1.54, 1.807) is 0 Å². The van der Waals surface area contributed by atoms with Gasteiger partial charge in [-0.05, 0) is 44.6 Å². The van der Waals surface area contributed by atoms with Crippen molar-refractivity contribution in [2.24, 2.45) is 17.6 Å². The van der Waals surface area contributed by atoms with Crippen LogP contribution in [0.2, 0.25) is 0 Å². The molecule has 1 saturated carbocycles. The fraction of sp³-hybridized carbons (Fsp3) is 1.00. The first-order chi connectivity index (χ1) is 7.68. The van der Waals surface area contributed by atoms with Crippen LogP contribution in [0.5, 0.6) is 0 Å². The molecule has 3 heteroatoms. The first kappa shape index (κ1) is 12.3. The summed E-state index contributed by atoms with van der Waals surface area (Å²) in [5, 5.41) is 0. The van der Waals surface area contributed by atoms with E-state index in [-0.39, 0.29) is 5.54 Å². The minimum Gasteiger partial charge on any atom is -0.381 e. The summed E-state index contributed by atoms with van der Waals surface area (Å²) in [6, 6.07) is 0. The Bertz CT molecular complexity index is 224. The highest BCUT2D eigenvalue weighted by Crippen LogP contribution is 2.40. The van der Waals surface area contributed by atoms with Crippen LogP contribution in [0, 0.1) is 11.8 Å². The zero-order valence-electron chi connectivity index (χ0n) is 10.7. The average Bonchev–Trinajstić information content (AvgIpc) is 3.01. The normalized spacial score (nSPS) is 39.8. The molecule has 0 spiro atoms. The van der Waals surface area contributed by atoms with E-state index < -0.39 is 0 Å². The molecule has 0 bridgehead atoms. The lowest BCUT2D eigenvalue weighted by atomic mass is 9.88. The van der Waals surface area contributed by atoms with Gasteiger partial charge < -0.3 is 10.5 Å². The highest BCUT2D eigenvalue weighted by molar-refractivity contribution is 4.95. The minimum atomic E-state index is 0.207. The summed E-state index contributed by atoms with van der Waals surface area (Å²) in [4.78, 5) is 2.52. The fourth-order valence-corrected chi connectivity index (χ4v) is 2.93. The van der Waals surface area contributed by atoms with E-state index in [9.17, 15) is 0 Å². The van der Waals surface area contributed by atoms with E-state index in [1.807, 2.05) is 0 Å². The van der Waals surface area contributed by atoms with Crippen LogP contribution < -0.4 is 5.73 Å². The molecule has 2 rings (SSSR count). The van der Waals surface area contributed by atoms with Gasteiger partial charge in [0.15, 0.2) is 0 Å². The molecule has 3 unspecified atom stereocenters. The number of nitrogens with two attached hydrogens (primary N) is 1. The quantitative estimate of drug-likeness (QED) is 0.789. The van der Waals surface area contributed by atoms with Gasteiger partial charge in [0.1, 0.15) is 0 Å². The molecule has 1 aliphatic heterocycles. The van der Waals surface area contributed by atoms with E-state index in [4.69, 9.17) is 10.5 Å². The van der Waals surface area contributed by atoms with Gasteiger partial charge in [-0.1, -0.05) is 6.92 Å². The van der Waals surface area contributed by atoms with Crippen LogP contribution in [0.4, 0.5) is 0 Å². The fourth-order valence-electron chi connectivity index (χ4n) is 2.93. The topological polar surface area (TPSA) is 38.5 Å². The Hall–Kier alpha value is -0.120. The minimum absolute atomic E-state index is 0.207. The second-order valence-corrected chi connectivity index (χ2v) is 5.75. The monoisotopic (exact) mass is 226 g/mol. The van der Waals surface area contributed by atoms with Gasteiger partial charge in [0.05, 0.1) is 0 Å². The van der Waals surface area contributed by atoms with Crippen molar-refractivity contribution in [1.29, 1.82) is 0 Å². The van der Waals surface area contributed by atoms with Crippen molar-refractivity contribution in [2.75, 3.05) is 33.4 Å². The summed E-state index contributed by atoms with van der Waals surface area (Å²) in [6.07, 6.45) is 4.85. The molecule has 0 radical (unpaired) electrons. The van der Waals surface area contributed by atoms with Crippen molar-refractivity contribution in [1.82, 2.24) is 4.90 Å². The number of hydrogen-bond donors (Lipinski definition) is 1. The Kier molecular flexibility index (Phi) is 3.88. The highest BCUT2D eigenvalue weighted by atomic mass is 16.5. The predicted molar refractivity (Wildman–Crippen MR) is 66.4 cm³/mol. The van der Waals surface area contributed by atoms with Gasteiger partial charge in [-0.3, -0.25) is 4.90 Å². The average molecular weight is 226 g/mol. The second kappa shape index (κ2) is 5.03. The van der Waals surface area contributed by atoms with Crippen LogP contribution in [0.3, 0.4) is 0 Å². The molecule has 0 aromatic carbocycles. The molecule has 2 aliphatic rings. The van der Waals surface area contributed by atoms with Gasteiger partial charge in [-0.15, -0.1) is 0 Å². The maximum atomic E-state index is 6.04. The summed E-state index contributed by atoms with van der Waals surface area (Å²) in [7, 11) is 2.25. The van der Waals surface area contributed by atoms with Crippen LogP contribution in [0.1, 0.15) is 32.6 Å². The first-order valence-electron chi connectivity index (χ1n) is 6.67. The molecule has 1 heterocycles. The van der Waals surface area contributed by atoms with Crippen molar-refractivity contribution < 1.29 is 4.74 Å². The summed E-state index contributed by atoms with van der Waals surface area (Å²) in [6.45, 7) is 6.13. The Morgan fingerprint density at radius 1 is 1.38 bits per heavy atom. The Balaban J connectivity index is 1.94. The molecule has 0 aromatic heterocycles. The Morgan fingerprint density at radius 2 is 2.12 bits per heavy atom. The van der Waals surface area contributed by atoms with Crippen molar-refractivity contribution in [3.05, 3.63) is 0 Å². The van der Waals surface area contributed by atoms with E-state index in [0.717, 1.165) is 44.4 Å². The third-order valence-corrected chi connectivity index (χ3v) is 4.62. The lowest BCUT2D eigenvalue weighted by molar-refractivity contribution is 0.0844. The van der Waals surface area contributed by atoms with E-state index >= 15 is 0 Å². The molecule has 0 amide bonds. The maximum Gasteiger partial charge on any atom is 0.0484 e. The molecule has 3 nitrogen and oxygen atoms in total. The second-order valence-electron chi connectivity index (χ2n) is 5.75. The molecule has 1 aliphatic carbocycles. The van der Waals surface area contributed by atoms with Crippen molar-refractivity contribution in [2.45, 2.75) is 38.1 Å². The van der Waals surface area contributed by atoms with Gasteiger partial charge in [0, 0.05) is 31.8 Å². The maximum absolute atomic E-state index is 6.04. The van der Waals surface area contributed by atoms with Crippen molar-refractivity contribution >= 4 is 0 Å². The number of ether oxygens (including phenoxy) is 1. The van der Waals surface area contributed by atoms with Gasteiger partial charge >= 0.3 is 0 Å². The van der Waals surface area contributed by atoms with Crippen LogP contribution in [0.15, 0.2) is 0 Å². The van der Waals surface area contributed by atoms with Crippen molar-refractivity contribution in [3.63, 3.8) is 0 Å². The molecule has 0 aromatic rings. The van der Waals surface area contributed by atoms with Crippen LogP contribution >= 0.6 is 0 Å². The number of rotatable bonds is 4. The zero-order valence-corrected chi connectivity index (χ0v) is 10.7. The molecule has 2 N–H and O–H groups in total. The van der Waals surface area contributed by atoms with Crippen LogP contribution in [-0.2, 0) is 4.74 Å². The third kappa shape index (κ3) is 2.58. The molecule has 16 heavy (non-hydrogen) atoms. The Morgan fingerprint density at radius 3 is 2.75 bits per heavy atom. The largest absolute Gasteiger partial charge is 0.381 e. The van der Waals surface area contributed by atoms with Gasteiger partial charge in [-0.2, -0.15) is 0 Å². The van der Waals surface area contributed by atoms with E-state index in [2.05, 4.69) is 18.9 Å². The lowest BCUT2D eigenvalue weighted by Crippen LogP contribution is -2.53. The SMILES string of the molecule is CC1CC1CN(C)C1(CN)CCCOCC1. The van der Waals surface area contributed by atoms with Crippen molar-refractivity contribution in [3.8, 4) is 0 Å². The summed E-state index contributed by atoms with van der Waals surface area (Å²) in [5.74, 6) is 1.84. The van der Waals surface area contributed by atoms with Crippen LogP contribution in [0.25, 0.3) is 0 Å². The first-order valence-corrected chi connectivity index (χ1v) is 6.67. The summed E-state index contributed by atoms with van der Waals surface area (Å²) < 4.78 is 5.56. The zero-order chi connectivity index (χ0) is 11.6. The number of likely N-dealkylation sites (N-methyl/N-ethyl adjacent to an activating group) is 1.